The van der Waals surface area contributed by atoms with Crippen LogP contribution in [0.25, 0.3) is 0 Å². The minimum Gasteiger partial charge on any atom is -0.327 e. The van der Waals surface area contributed by atoms with Crippen molar-refractivity contribution in [2.24, 2.45) is 5.73 Å². The minimum atomic E-state index is -0.160. The average Bonchev–Trinajstić information content (AvgIpc) is 2.94. The van der Waals surface area contributed by atoms with Crippen LogP contribution < -0.4 is 5.73 Å². The summed E-state index contributed by atoms with van der Waals surface area (Å²) in [6, 6.07) is 13.7. The third-order valence-corrected chi connectivity index (χ3v) is 5.19. The summed E-state index contributed by atoms with van der Waals surface area (Å²) < 4.78 is 13.6. The Labute approximate surface area is 129 Å². The summed E-state index contributed by atoms with van der Waals surface area (Å²) in [5.74, 6) is 0.574. The Kier molecular flexibility index (Phi) is 4.61. The molecule has 21 heavy (non-hydrogen) atoms. The highest BCUT2D eigenvalue weighted by molar-refractivity contribution is 7.99. The van der Waals surface area contributed by atoms with Crippen LogP contribution in [0.3, 0.4) is 0 Å². The molecule has 2 aromatic carbocycles. The number of halogens is 1. The number of thioether (sulfide) groups is 1. The van der Waals surface area contributed by atoms with E-state index in [2.05, 4.69) is 18.2 Å². The van der Waals surface area contributed by atoms with Crippen molar-refractivity contribution in [2.75, 3.05) is 5.75 Å². The molecule has 0 saturated carbocycles. The highest BCUT2D eigenvalue weighted by atomic mass is 32.2. The van der Waals surface area contributed by atoms with Gasteiger partial charge in [-0.05, 0) is 54.5 Å². The smallest absolute Gasteiger partial charge is 0.136 e. The molecule has 2 aromatic rings. The molecule has 1 aliphatic rings. The largest absolute Gasteiger partial charge is 0.327 e. The lowest BCUT2D eigenvalue weighted by atomic mass is 10.0. The van der Waals surface area contributed by atoms with E-state index in [0.29, 0.717) is 4.90 Å². The molecule has 0 radical (unpaired) electrons. The van der Waals surface area contributed by atoms with E-state index in [1.807, 2.05) is 12.1 Å². The van der Waals surface area contributed by atoms with Crippen LogP contribution in [0, 0.1) is 5.82 Å². The maximum Gasteiger partial charge on any atom is 0.136 e. The van der Waals surface area contributed by atoms with Gasteiger partial charge in [0.1, 0.15) is 5.82 Å². The minimum absolute atomic E-state index is 0.0501. The lowest BCUT2D eigenvalue weighted by Gasteiger charge is -2.13. The van der Waals surface area contributed by atoms with Crippen molar-refractivity contribution in [3.63, 3.8) is 0 Å². The zero-order chi connectivity index (χ0) is 14.7. The molecule has 0 saturated heterocycles. The molecule has 0 amide bonds. The van der Waals surface area contributed by atoms with Crippen molar-refractivity contribution in [1.82, 2.24) is 0 Å². The van der Waals surface area contributed by atoms with E-state index in [1.54, 1.807) is 6.07 Å². The summed E-state index contributed by atoms with van der Waals surface area (Å²) in [4.78, 5) is 0.682. The Morgan fingerprint density at radius 2 is 1.90 bits per heavy atom. The third kappa shape index (κ3) is 3.66. The SMILES string of the molecule is NC(CSc1ccccc1F)Cc1ccc2c(c1)CCC2. The van der Waals surface area contributed by atoms with Gasteiger partial charge in [-0.3, -0.25) is 0 Å². The topological polar surface area (TPSA) is 26.0 Å². The van der Waals surface area contributed by atoms with E-state index in [0.717, 1.165) is 12.2 Å². The van der Waals surface area contributed by atoms with Crippen LogP contribution in [0.2, 0.25) is 0 Å². The summed E-state index contributed by atoms with van der Waals surface area (Å²) in [6.45, 7) is 0. The van der Waals surface area contributed by atoms with Crippen molar-refractivity contribution in [3.05, 3.63) is 65.0 Å². The van der Waals surface area contributed by atoms with Crippen LogP contribution in [0.5, 0.6) is 0 Å². The second-order valence-electron chi connectivity index (χ2n) is 5.66. The summed E-state index contributed by atoms with van der Waals surface area (Å²) in [7, 11) is 0. The molecule has 0 heterocycles. The van der Waals surface area contributed by atoms with E-state index in [4.69, 9.17) is 5.73 Å². The lowest BCUT2D eigenvalue weighted by Crippen LogP contribution is -2.25. The number of nitrogens with two attached hydrogens (primary N) is 1. The van der Waals surface area contributed by atoms with Crippen LogP contribution >= 0.6 is 11.8 Å². The first-order chi connectivity index (χ1) is 10.2. The van der Waals surface area contributed by atoms with Gasteiger partial charge >= 0.3 is 0 Å². The third-order valence-electron chi connectivity index (χ3n) is 3.95. The Morgan fingerprint density at radius 3 is 2.76 bits per heavy atom. The molecule has 1 unspecified atom stereocenters. The van der Waals surface area contributed by atoms with Crippen molar-refractivity contribution < 1.29 is 4.39 Å². The van der Waals surface area contributed by atoms with Crippen molar-refractivity contribution >= 4 is 11.8 Å². The standard InChI is InChI=1S/C18H20FNS/c19-17-6-1-2-7-18(17)21-12-16(20)11-13-8-9-14-4-3-5-15(14)10-13/h1-2,6-10,16H,3-5,11-12,20H2. The molecule has 1 atom stereocenters. The van der Waals surface area contributed by atoms with E-state index in [1.165, 1.54) is 53.8 Å². The Hall–Kier alpha value is -1.32. The summed E-state index contributed by atoms with van der Waals surface area (Å²) in [5.41, 5.74) is 10.5. The highest BCUT2D eigenvalue weighted by Crippen LogP contribution is 2.25. The molecule has 0 aromatic heterocycles. The molecule has 0 bridgehead atoms. The first-order valence-electron chi connectivity index (χ1n) is 7.46. The van der Waals surface area contributed by atoms with Crippen molar-refractivity contribution in [2.45, 2.75) is 36.6 Å². The lowest BCUT2D eigenvalue weighted by molar-refractivity contribution is 0.601. The molecule has 0 spiro atoms. The van der Waals surface area contributed by atoms with Gasteiger partial charge in [-0.1, -0.05) is 30.3 Å². The first-order valence-corrected chi connectivity index (χ1v) is 8.44. The van der Waals surface area contributed by atoms with Gasteiger partial charge in [0.15, 0.2) is 0 Å². The van der Waals surface area contributed by atoms with Crippen molar-refractivity contribution in [1.29, 1.82) is 0 Å². The normalized spacial score (nSPS) is 15.0. The molecular weight excluding hydrogens is 281 g/mol. The van der Waals surface area contributed by atoms with Gasteiger partial charge in [0.05, 0.1) is 0 Å². The second kappa shape index (κ2) is 6.63. The van der Waals surface area contributed by atoms with Crippen LogP contribution in [0.1, 0.15) is 23.1 Å². The van der Waals surface area contributed by atoms with E-state index >= 15 is 0 Å². The van der Waals surface area contributed by atoms with E-state index in [9.17, 15) is 4.39 Å². The number of hydrogen-bond acceptors (Lipinski definition) is 2. The summed E-state index contributed by atoms with van der Waals surface area (Å²) in [6.07, 6.45) is 4.54. The summed E-state index contributed by atoms with van der Waals surface area (Å²) >= 11 is 1.50. The Bertz CT molecular complexity index is 626. The van der Waals surface area contributed by atoms with Gasteiger partial charge in [0.25, 0.3) is 0 Å². The maximum atomic E-state index is 13.6. The number of rotatable bonds is 5. The second-order valence-corrected chi connectivity index (χ2v) is 6.72. The molecule has 2 N–H and O–H groups in total. The molecular formula is C18H20FNS. The molecule has 0 aliphatic heterocycles. The Morgan fingerprint density at radius 1 is 1.10 bits per heavy atom. The van der Waals surface area contributed by atoms with Crippen LogP contribution in [-0.2, 0) is 19.3 Å². The molecule has 0 fully saturated rings. The number of fused-ring (bicyclic) bond motifs is 1. The fourth-order valence-corrected chi connectivity index (χ4v) is 3.76. The van der Waals surface area contributed by atoms with Gasteiger partial charge in [-0.15, -0.1) is 11.8 Å². The van der Waals surface area contributed by atoms with Gasteiger partial charge in [0.2, 0.25) is 0 Å². The van der Waals surface area contributed by atoms with Crippen LogP contribution in [0.15, 0.2) is 47.4 Å². The molecule has 3 heteroatoms. The van der Waals surface area contributed by atoms with Gasteiger partial charge in [0, 0.05) is 16.7 Å². The molecule has 1 nitrogen and oxygen atoms in total. The maximum absolute atomic E-state index is 13.6. The van der Waals surface area contributed by atoms with Gasteiger partial charge in [-0.25, -0.2) is 4.39 Å². The number of hydrogen-bond donors (Lipinski definition) is 1. The molecule has 3 rings (SSSR count). The predicted octanol–water partition coefficient (Wildman–Crippen LogP) is 3.98. The highest BCUT2D eigenvalue weighted by Gasteiger charge is 2.12. The number of aryl methyl sites for hydroxylation is 2. The first kappa shape index (κ1) is 14.6. The van der Waals surface area contributed by atoms with E-state index < -0.39 is 0 Å². The Balaban J connectivity index is 1.57. The van der Waals surface area contributed by atoms with Crippen LogP contribution in [0.4, 0.5) is 4.39 Å². The number of benzene rings is 2. The summed E-state index contributed by atoms with van der Waals surface area (Å²) in [5, 5.41) is 0. The quantitative estimate of drug-likeness (QED) is 0.846. The average molecular weight is 301 g/mol. The van der Waals surface area contributed by atoms with E-state index in [-0.39, 0.29) is 11.9 Å². The van der Waals surface area contributed by atoms with Gasteiger partial charge < -0.3 is 5.73 Å². The zero-order valence-electron chi connectivity index (χ0n) is 12.0. The van der Waals surface area contributed by atoms with Gasteiger partial charge in [-0.2, -0.15) is 0 Å². The van der Waals surface area contributed by atoms with Crippen molar-refractivity contribution in [3.8, 4) is 0 Å². The molecule has 110 valence electrons. The predicted molar refractivity (Wildman–Crippen MR) is 87.3 cm³/mol. The monoisotopic (exact) mass is 301 g/mol. The molecule has 1 aliphatic carbocycles. The zero-order valence-corrected chi connectivity index (χ0v) is 12.8. The van der Waals surface area contributed by atoms with Crippen LogP contribution in [-0.4, -0.2) is 11.8 Å². The fraction of sp³-hybridized carbons (Fsp3) is 0.333. The fourth-order valence-electron chi connectivity index (χ4n) is 2.87.